The van der Waals surface area contributed by atoms with Crippen LogP contribution in [0.4, 0.5) is 10.5 Å². The van der Waals surface area contributed by atoms with Crippen LogP contribution in [0.3, 0.4) is 0 Å². The molecule has 1 aliphatic heterocycles. The summed E-state index contributed by atoms with van der Waals surface area (Å²) in [6.07, 6.45) is 2.59. The van der Waals surface area contributed by atoms with Crippen molar-refractivity contribution in [3.05, 3.63) is 30.3 Å². The van der Waals surface area contributed by atoms with E-state index in [2.05, 4.69) is 12.2 Å². The van der Waals surface area contributed by atoms with Crippen LogP contribution in [-0.4, -0.2) is 46.1 Å². The summed E-state index contributed by atoms with van der Waals surface area (Å²) in [6.45, 7) is 11.4. The lowest BCUT2D eigenvalue weighted by Gasteiger charge is -2.55. The van der Waals surface area contributed by atoms with Crippen molar-refractivity contribution in [2.45, 2.75) is 71.4 Å². The molecule has 0 atom stereocenters. The zero-order valence-electron chi connectivity index (χ0n) is 17.2. The van der Waals surface area contributed by atoms with Gasteiger partial charge in [-0.3, -0.25) is 10.1 Å². The van der Waals surface area contributed by atoms with Gasteiger partial charge in [-0.2, -0.15) is 0 Å². The van der Waals surface area contributed by atoms with E-state index in [4.69, 9.17) is 4.84 Å². The fraction of sp³-hybridized carbons (Fsp3) is 0.619. The summed E-state index contributed by atoms with van der Waals surface area (Å²) in [5, 5.41) is 4.39. The van der Waals surface area contributed by atoms with E-state index in [1.54, 1.807) is 17.2 Å². The third-order valence-corrected chi connectivity index (χ3v) is 5.35. The van der Waals surface area contributed by atoms with Gasteiger partial charge in [0.05, 0.1) is 5.54 Å². The first-order chi connectivity index (χ1) is 12.8. The highest BCUT2D eigenvalue weighted by Gasteiger charge is 2.56. The molecule has 1 heterocycles. The van der Waals surface area contributed by atoms with Gasteiger partial charge in [0, 0.05) is 18.8 Å². The van der Waals surface area contributed by atoms with Crippen LogP contribution < -0.4 is 5.32 Å². The predicted molar refractivity (Wildman–Crippen MR) is 107 cm³/mol. The van der Waals surface area contributed by atoms with E-state index >= 15 is 0 Å². The lowest BCUT2D eigenvalue weighted by atomic mass is 9.82. The van der Waals surface area contributed by atoms with Gasteiger partial charge in [-0.15, -0.1) is 5.06 Å². The number of anilines is 1. The maximum Gasteiger partial charge on any atom is 0.430 e. The Morgan fingerprint density at radius 2 is 1.78 bits per heavy atom. The molecule has 1 aliphatic rings. The number of hydrogen-bond donors (Lipinski definition) is 1. The van der Waals surface area contributed by atoms with Crippen molar-refractivity contribution in [1.82, 2.24) is 9.96 Å². The molecular weight excluding hydrogens is 342 g/mol. The van der Waals surface area contributed by atoms with E-state index in [0.717, 1.165) is 19.4 Å². The Kier molecular flexibility index (Phi) is 6.87. The Balaban J connectivity index is 2.26. The van der Waals surface area contributed by atoms with Crippen LogP contribution in [0.15, 0.2) is 30.3 Å². The van der Waals surface area contributed by atoms with Crippen molar-refractivity contribution in [2.24, 2.45) is 0 Å². The third kappa shape index (κ3) is 4.43. The summed E-state index contributed by atoms with van der Waals surface area (Å²) in [5.41, 5.74) is -0.669. The minimum Gasteiger partial charge on any atom is -0.349 e. The zero-order valence-corrected chi connectivity index (χ0v) is 17.2. The molecule has 0 radical (unpaired) electrons. The maximum absolute atomic E-state index is 13.3. The van der Waals surface area contributed by atoms with Gasteiger partial charge in [0.25, 0.3) is 0 Å². The summed E-state index contributed by atoms with van der Waals surface area (Å²) in [6, 6.07) is 9.17. The number of unbranched alkanes of at least 4 members (excludes halogenated alkanes) is 1. The molecule has 6 heteroatoms. The summed E-state index contributed by atoms with van der Waals surface area (Å²) in [7, 11) is 0. The number of rotatable bonds is 7. The quantitative estimate of drug-likeness (QED) is 0.766. The van der Waals surface area contributed by atoms with Gasteiger partial charge in [0.1, 0.15) is 5.54 Å². The van der Waals surface area contributed by atoms with E-state index in [9.17, 15) is 9.59 Å². The lowest BCUT2D eigenvalue weighted by molar-refractivity contribution is -0.252. The van der Waals surface area contributed by atoms with E-state index in [-0.39, 0.29) is 5.91 Å². The van der Waals surface area contributed by atoms with Crippen LogP contribution in [0.25, 0.3) is 0 Å². The second-order valence-corrected chi connectivity index (χ2v) is 7.80. The molecule has 0 unspecified atom stereocenters. The third-order valence-electron chi connectivity index (χ3n) is 5.35. The first-order valence-corrected chi connectivity index (χ1v) is 9.94. The van der Waals surface area contributed by atoms with Crippen molar-refractivity contribution in [1.29, 1.82) is 0 Å². The van der Waals surface area contributed by atoms with Gasteiger partial charge in [0.15, 0.2) is 0 Å². The number of piperazine rings is 1. The zero-order chi connectivity index (χ0) is 20.1. The molecule has 0 aliphatic carbocycles. The van der Waals surface area contributed by atoms with Crippen molar-refractivity contribution >= 4 is 17.7 Å². The molecule has 1 aromatic rings. The van der Waals surface area contributed by atoms with Crippen LogP contribution >= 0.6 is 0 Å². The first kappa shape index (κ1) is 21.2. The topological polar surface area (TPSA) is 61.9 Å². The van der Waals surface area contributed by atoms with Crippen molar-refractivity contribution in [3.63, 3.8) is 0 Å². The Morgan fingerprint density at radius 3 is 2.33 bits per heavy atom. The second kappa shape index (κ2) is 8.74. The molecular formula is C21H33N3O3. The standard InChI is InChI=1S/C21H33N3O3/c1-6-9-15-23-16-20(4,5)24(21(7-2,8-3)18(23)25)27-19(26)22-17-13-11-10-12-14-17/h10-14H,6-9,15-16H2,1-5H3,(H,22,26). The van der Waals surface area contributed by atoms with Crippen LogP contribution in [0, 0.1) is 0 Å². The fourth-order valence-corrected chi connectivity index (χ4v) is 3.89. The summed E-state index contributed by atoms with van der Waals surface area (Å²) >= 11 is 0. The van der Waals surface area contributed by atoms with Crippen LogP contribution in [0.1, 0.15) is 60.3 Å². The second-order valence-electron chi connectivity index (χ2n) is 7.80. The smallest absolute Gasteiger partial charge is 0.349 e. The molecule has 0 bridgehead atoms. The highest BCUT2D eigenvalue weighted by molar-refractivity contribution is 5.88. The van der Waals surface area contributed by atoms with Gasteiger partial charge in [-0.1, -0.05) is 45.4 Å². The molecule has 1 fully saturated rings. The van der Waals surface area contributed by atoms with E-state index in [0.29, 0.717) is 25.1 Å². The Morgan fingerprint density at radius 1 is 1.15 bits per heavy atom. The molecule has 0 saturated carbocycles. The highest BCUT2D eigenvalue weighted by Crippen LogP contribution is 2.38. The van der Waals surface area contributed by atoms with Gasteiger partial charge in [-0.05, 0) is 45.2 Å². The number of amides is 2. The normalized spacial score (nSPS) is 19.0. The van der Waals surface area contributed by atoms with Gasteiger partial charge >= 0.3 is 6.09 Å². The van der Waals surface area contributed by atoms with Crippen molar-refractivity contribution < 1.29 is 14.4 Å². The number of benzene rings is 1. The molecule has 1 saturated heterocycles. The minimum atomic E-state index is -0.844. The van der Waals surface area contributed by atoms with Crippen LogP contribution in [0.2, 0.25) is 0 Å². The molecule has 2 amide bonds. The van der Waals surface area contributed by atoms with Gasteiger partial charge in [0.2, 0.25) is 5.91 Å². The van der Waals surface area contributed by atoms with Crippen molar-refractivity contribution in [3.8, 4) is 0 Å². The highest BCUT2D eigenvalue weighted by atomic mass is 16.7. The van der Waals surface area contributed by atoms with Crippen LogP contribution in [-0.2, 0) is 9.63 Å². The number of hydrogen-bond acceptors (Lipinski definition) is 4. The number of carbonyl (C=O) groups excluding carboxylic acids is 2. The average molecular weight is 376 g/mol. The minimum absolute atomic E-state index is 0.0489. The molecule has 1 N–H and O–H groups in total. The van der Waals surface area contributed by atoms with Gasteiger partial charge < -0.3 is 9.74 Å². The molecule has 1 aromatic carbocycles. The van der Waals surface area contributed by atoms with E-state index in [1.807, 2.05) is 50.8 Å². The monoisotopic (exact) mass is 375 g/mol. The number of carbonyl (C=O) groups is 2. The lowest BCUT2D eigenvalue weighted by Crippen LogP contribution is -2.73. The summed E-state index contributed by atoms with van der Waals surface area (Å²) < 4.78 is 0. The average Bonchev–Trinajstić information content (AvgIpc) is 2.65. The Bertz CT molecular complexity index is 641. The number of para-hydroxylation sites is 1. The summed E-state index contributed by atoms with van der Waals surface area (Å²) in [5.74, 6) is 0.0489. The van der Waals surface area contributed by atoms with Crippen molar-refractivity contribution in [2.75, 3.05) is 18.4 Å². The molecule has 27 heavy (non-hydrogen) atoms. The van der Waals surface area contributed by atoms with Crippen LogP contribution in [0.5, 0.6) is 0 Å². The molecule has 0 aromatic heterocycles. The molecule has 150 valence electrons. The number of nitrogens with zero attached hydrogens (tertiary/aromatic N) is 2. The molecule has 0 spiro atoms. The van der Waals surface area contributed by atoms with E-state index < -0.39 is 17.2 Å². The Labute approximate surface area is 162 Å². The first-order valence-electron chi connectivity index (χ1n) is 9.94. The largest absolute Gasteiger partial charge is 0.430 e. The fourth-order valence-electron chi connectivity index (χ4n) is 3.89. The van der Waals surface area contributed by atoms with E-state index in [1.165, 1.54) is 0 Å². The summed E-state index contributed by atoms with van der Waals surface area (Å²) in [4.78, 5) is 33.6. The van der Waals surface area contributed by atoms with Gasteiger partial charge in [-0.25, -0.2) is 4.79 Å². The molecule has 2 rings (SSSR count). The predicted octanol–water partition coefficient (Wildman–Crippen LogP) is 4.43. The number of nitrogens with one attached hydrogen (secondary N) is 1. The maximum atomic E-state index is 13.3. The number of hydroxylamine groups is 2. The molecule has 6 nitrogen and oxygen atoms in total. The SMILES string of the molecule is CCCCN1CC(C)(C)N(OC(=O)Nc2ccccc2)C(CC)(CC)C1=O. The Hall–Kier alpha value is -2.08.